The van der Waals surface area contributed by atoms with Gasteiger partial charge in [0.2, 0.25) is 0 Å². The highest BCUT2D eigenvalue weighted by Gasteiger charge is 2.31. The Kier molecular flexibility index (Phi) is 8.15. The zero-order chi connectivity index (χ0) is 22.5. The van der Waals surface area contributed by atoms with Gasteiger partial charge in [0.25, 0.3) is 0 Å². The molecule has 1 heterocycles. The van der Waals surface area contributed by atoms with Crippen molar-refractivity contribution in [1.29, 1.82) is 0 Å². The number of hydrogen-bond donors (Lipinski definition) is 0. The van der Waals surface area contributed by atoms with E-state index < -0.39 is 26.2 Å². The number of rotatable bonds is 7. The van der Waals surface area contributed by atoms with Crippen LogP contribution in [0.1, 0.15) is 76.2 Å². The summed E-state index contributed by atoms with van der Waals surface area (Å²) in [5.74, 6) is -1.21. The lowest BCUT2D eigenvalue weighted by Gasteiger charge is -2.37. The Labute approximate surface area is 193 Å². The van der Waals surface area contributed by atoms with Gasteiger partial charge in [0, 0.05) is 8.80 Å². The predicted molar refractivity (Wildman–Crippen MR) is 130 cm³/mol. The van der Waals surface area contributed by atoms with Crippen LogP contribution >= 0.6 is 0 Å². The van der Waals surface area contributed by atoms with Crippen molar-refractivity contribution >= 4 is 8.80 Å². The summed E-state index contributed by atoms with van der Waals surface area (Å²) in [6, 6.07) is 14.9. The van der Waals surface area contributed by atoms with Crippen LogP contribution in [-0.2, 0) is 0 Å². The Morgan fingerprint density at radius 2 is 1.34 bits per heavy atom. The maximum Gasteiger partial charge on any atom is 0.194 e. The van der Waals surface area contributed by atoms with Gasteiger partial charge in [0.15, 0.2) is 17.5 Å². The van der Waals surface area contributed by atoms with Gasteiger partial charge in [-0.05, 0) is 72.3 Å². The minimum absolute atomic E-state index is 0.380. The second-order valence-corrected chi connectivity index (χ2v) is 13.7. The van der Waals surface area contributed by atoms with Crippen molar-refractivity contribution in [3.05, 3.63) is 59.4 Å². The van der Waals surface area contributed by atoms with Gasteiger partial charge >= 0.3 is 0 Å². The standard InChI is InChI=1S/C28H37F3Si/c1-2-3-4-15-32-16-13-24(14-17-32)22-7-5-20(6-8-22)21-9-11-23(12-10-21)25-18-26(29)28(31)27(30)19-25/h9-12,18-20,22,24,32H,2-8,13-17H2,1H3. The fraction of sp³-hybridized carbons (Fsp3) is 0.571. The fourth-order valence-corrected chi connectivity index (χ4v) is 9.76. The maximum atomic E-state index is 13.6. The average molecular weight is 459 g/mol. The summed E-state index contributed by atoms with van der Waals surface area (Å²) < 4.78 is 40.4. The molecule has 4 heteroatoms. The van der Waals surface area contributed by atoms with Crippen LogP contribution in [0, 0.1) is 29.3 Å². The Morgan fingerprint density at radius 1 is 0.750 bits per heavy atom. The first kappa shape index (κ1) is 23.6. The highest BCUT2D eigenvalue weighted by Crippen LogP contribution is 2.44. The van der Waals surface area contributed by atoms with Crippen LogP contribution in [0.3, 0.4) is 0 Å². The molecule has 0 amide bonds. The second-order valence-electron chi connectivity index (χ2n) is 10.3. The molecule has 2 aromatic carbocycles. The van der Waals surface area contributed by atoms with Gasteiger partial charge in [-0.25, -0.2) is 13.2 Å². The van der Waals surface area contributed by atoms with Gasteiger partial charge in [-0.3, -0.25) is 0 Å². The van der Waals surface area contributed by atoms with E-state index in [4.69, 9.17) is 0 Å². The van der Waals surface area contributed by atoms with E-state index in [9.17, 15) is 13.2 Å². The number of benzene rings is 2. The number of hydrogen-bond acceptors (Lipinski definition) is 0. The molecule has 0 atom stereocenters. The monoisotopic (exact) mass is 458 g/mol. The van der Waals surface area contributed by atoms with E-state index in [1.807, 2.05) is 12.1 Å². The molecule has 32 heavy (non-hydrogen) atoms. The molecule has 2 aliphatic rings. The van der Waals surface area contributed by atoms with Crippen molar-refractivity contribution in [2.45, 2.75) is 88.8 Å². The van der Waals surface area contributed by atoms with Gasteiger partial charge in [-0.1, -0.05) is 81.4 Å². The molecular formula is C28H37F3Si. The molecule has 0 N–H and O–H groups in total. The summed E-state index contributed by atoms with van der Waals surface area (Å²) in [6.45, 7) is 2.30. The third-order valence-electron chi connectivity index (χ3n) is 8.25. The molecule has 1 aliphatic carbocycles. The highest BCUT2D eigenvalue weighted by molar-refractivity contribution is 6.58. The Bertz CT molecular complexity index is 840. The fourth-order valence-electron chi connectivity index (χ4n) is 6.23. The van der Waals surface area contributed by atoms with Crippen molar-refractivity contribution in [2.24, 2.45) is 11.8 Å². The summed E-state index contributed by atoms with van der Waals surface area (Å²) in [7, 11) is -0.420. The van der Waals surface area contributed by atoms with Gasteiger partial charge in [-0.15, -0.1) is 0 Å². The Balaban J connectivity index is 1.28. The zero-order valence-corrected chi connectivity index (χ0v) is 20.5. The molecule has 174 valence electrons. The molecule has 0 nitrogen and oxygen atoms in total. The molecule has 4 rings (SSSR count). The van der Waals surface area contributed by atoms with E-state index in [2.05, 4.69) is 19.1 Å². The first-order valence-electron chi connectivity index (χ1n) is 12.8. The van der Waals surface area contributed by atoms with Crippen LogP contribution < -0.4 is 0 Å². The van der Waals surface area contributed by atoms with E-state index in [1.54, 1.807) is 18.1 Å². The summed E-state index contributed by atoms with van der Waals surface area (Å²) in [4.78, 5) is 0. The maximum absolute atomic E-state index is 13.6. The summed E-state index contributed by atoms with van der Waals surface area (Å²) >= 11 is 0. The molecule has 0 unspecified atom stereocenters. The van der Waals surface area contributed by atoms with E-state index in [-0.39, 0.29) is 0 Å². The lowest BCUT2D eigenvalue weighted by molar-refractivity contribution is 0.216. The predicted octanol–water partition coefficient (Wildman–Crippen LogP) is 8.87. The van der Waals surface area contributed by atoms with E-state index in [0.717, 1.165) is 29.5 Å². The SMILES string of the molecule is CCCCC[SiH]1CCC(C2CCC(c3ccc(-c4cc(F)c(F)c(F)c4)cc3)CC2)CC1. The topological polar surface area (TPSA) is 0 Å². The molecule has 2 aromatic rings. The van der Waals surface area contributed by atoms with Crippen LogP contribution in [-0.4, -0.2) is 8.80 Å². The number of halogens is 3. The zero-order valence-electron chi connectivity index (χ0n) is 19.4. The van der Waals surface area contributed by atoms with Crippen molar-refractivity contribution in [3.63, 3.8) is 0 Å². The lowest BCUT2D eigenvalue weighted by atomic mass is 9.72. The molecule has 1 saturated heterocycles. The molecular weight excluding hydrogens is 421 g/mol. The quantitative estimate of drug-likeness (QED) is 0.221. The lowest BCUT2D eigenvalue weighted by Crippen LogP contribution is -2.28. The molecule has 0 aromatic heterocycles. The van der Waals surface area contributed by atoms with Gasteiger partial charge in [0.1, 0.15) is 0 Å². The minimum atomic E-state index is -1.41. The van der Waals surface area contributed by atoms with E-state index in [0.29, 0.717) is 11.5 Å². The Hall–Kier alpha value is -1.55. The summed E-state index contributed by atoms with van der Waals surface area (Å²) in [5.41, 5.74) is 2.42. The average Bonchev–Trinajstić information content (AvgIpc) is 2.83. The molecule has 0 bridgehead atoms. The Morgan fingerprint density at radius 3 is 1.94 bits per heavy atom. The van der Waals surface area contributed by atoms with E-state index in [1.165, 1.54) is 63.4 Å². The van der Waals surface area contributed by atoms with Crippen LogP contribution in [0.4, 0.5) is 13.2 Å². The van der Waals surface area contributed by atoms with Crippen LogP contribution in [0.2, 0.25) is 18.1 Å². The largest absolute Gasteiger partial charge is 0.204 e. The second kappa shape index (κ2) is 11.0. The van der Waals surface area contributed by atoms with Crippen molar-refractivity contribution in [2.75, 3.05) is 0 Å². The number of unbranched alkanes of at least 4 members (excludes halogenated alkanes) is 2. The van der Waals surface area contributed by atoms with E-state index >= 15 is 0 Å². The summed E-state index contributed by atoms with van der Waals surface area (Å²) in [5, 5.41) is 0. The first-order chi connectivity index (χ1) is 15.5. The third-order valence-corrected chi connectivity index (χ3v) is 11.8. The van der Waals surface area contributed by atoms with Crippen LogP contribution in [0.15, 0.2) is 36.4 Å². The van der Waals surface area contributed by atoms with Crippen molar-refractivity contribution in [1.82, 2.24) is 0 Å². The van der Waals surface area contributed by atoms with Gasteiger partial charge in [-0.2, -0.15) is 0 Å². The molecule has 1 saturated carbocycles. The van der Waals surface area contributed by atoms with Gasteiger partial charge < -0.3 is 0 Å². The smallest absolute Gasteiger partial charge is 0.194 e. The third kappa shape index (κ3) is 5.68. The molecule has 0 radical (unpaired) electrons. The molecule has 2 fully saturated rings. The van der Waals surface area contributed by atoms with Crippen molar-refractivity contribution < 1.29 is 13.2 Å². The molecule has 1 aliphatic heterocycles. The van der Waals surface area contributed by atoms with Gasteiger partial charge in [0.05, 0.1) is 0 Å². The molecule has 0 spiro atoms. The van der Waals surface area contributed by atoms with Crippen LogP contribution in [0.5, 0.6) is 0 Å². The van der Waals surface area contributed by atoms with Crippen molar-refractivity contribution in [3.8, 4) is 11.1 Å². The highest BCUT2D eigenvalue weighted by atomic mass is 28.3. The minimum Gasteiger partial charge on any atom is -0.204 e. The first-order valence-corrected chi connectivity index (χ1v) is 15.2. The van der Waals surface area contributed by atoms with Crippen LogP contribution in [0.25, 0.3) is 11.1 Å². The normalized spacial score (nSPS) is 26.2. The summed E-state index contributed by atoms with van der Waals surface area (Å²) in [6.07, 6.45) is 12.4.